The number of benzene rings is 1. The lowest BCUT2D eigenvalue weighted by atomic mass is 10.0. The van der Waals surface area contributed by atoms with Gasteiger partial charge in [0.1, 0.15) is 6.10 Å². The lowest BCUT2D eigenvalue weighted by Gasteiger charge is -2.36. The first-order valence-corrected chi connectivity index (χ1v) is 6.18. The molecule has 0 bridgehead atoms. The van der Waals surface area contributed by atoms with Gasteiger partial charge in [-0.2, -0.15) is 5.26 Å². The zero-order valence-corrected chi connectivity index (χ0v) is 10.8. The molecule has 19 heavy (non-hydrogen) atoms. The summed E-state index contributed by atoms with van der Waals surface area (Å²) in [6.45, 7) is 0.508. The SMILES string of the molecule is CN1CCC(OCc2ccc(C#N)cc2)C(F)(F)C1. The summed E-state index contributed by atoms with van der Waals surface area (Å²) < 4.78 is 32.8. The molecule has 0 spiro atoms. The van der Waals surface area contributed by atoms with Gasteiger partial charge in [0.15, 0.2) is 0 Å². The van der Waals surface area contributed by atoms with Crippen molar-refractivity contribution in [2.45, 2.75) is 25.1 Å². The summed E-state index contributed by atoms with van der Waals surface area (Å²) in [7, 11) is 1.69. The van der Waals surface area contributed by atoms with Crippen LogP contribution >= 0.6 is 0 Å². The highest BCUT2D eigenvalue weighted by Gasteiger charge is 2.44. The molecule has 0 radical (unpaired) electrons. The number of ether oxygens (including phenoxy) is 1. The van der Waals surface area contributed by atoms with Crippen molar-refractivity contribution in [3.63, 3.8) is 0 Å². The number of hydrogen-bond acceptors (Lipinski definition) is 3. The number of rotatable bonds is 3. The average Bonchev–Trinajstić information content (AvgIpc) is 2.37. The molecule has 0 aliphatic carbocycles. The van der Waals surface area contributed by atoms with Gasteiger partial charge >= 0.3 is 0 Å². The number of hydrogen-bond donors (Lipinski definition) is 0. The standard InChI is InChI=1S/C14H16F2N2O/c1-18-7-6-13(14(15,16)10-18)19-9-12-4-2-11(8-17)3-5-12/h2-5,13H,6-7,9-10H2,1H3. The Morgan fingerprint density at radius 2 is 2.11 bits per heavy atom. The Kier molecular flexibility index (Phi) is 4.13. The molecule has 1 heterocycles. The predicted octanol–water partition coefficient (Wildman–Crippen LogP) is 2.41. The number of halogens is 2. The maximum Gasteiger partial charge on any atom is 0.286 e. The van der Waals surface area contributed by atoms with Gasteiger partial charge in [0.25, 0.3) is 5.92 Å². The van der Waals surface area contributed by atoms with Gasteiger partial charge in [0.2, 0.25) is 0 Å². The highest BCUT2D eigenvalue weighted by Crippen LogP contribution is 2.29. The fourth-order valence-corrected chi connectivity index (χ4v) is 2.17. The van der Waals surface area contributed by atoms with Crippen molar-refractivity contribution in [1.82, 2.24) is 4.90 Å². The van der Waals surface area contributed by atoms with Gasteiger partial charge in [-0.1, -0.05) is 12.1 Å². The van der Waals surface area contributed by atoms with Gasteiger partial charge in [0.05, 0.1) is 24.8 Å². The van der Waals surface area contributed by atoms with Crippen molar-refractivity contribution in [2.75, 3.05) is 20.1 Å². The Morgan fingerprint density at radius 1 is 1.42 bits per heavy atom. The zero-order chi connectivity index (χ0) is 13.9. The normalized spacial score (nSPS) is 22.9. The Balaban J connectivity index is 1.92. The minimum atomic E-state index is -2.81. The van der Waals surface area contributed by atoms with Gasteiger partial charge in [-0.05, 0) is 31.2 Å². The molecule has 0 amide bonds. The summed E-state index contributed by atoms with van der Waals surface area (Å²) in [5, 5.41) is 8.67. The summed E-state index contributed by atoms with van der Waals surface area (Å²) in [6.07, 6.45) is -0.695. The van der Waals surface area contributed by atoms with E-state index in [9.17, 15) is 8.78 Å². The molecule has 1 aliphatic rings. The van der Waals surface area contributed by atoms with Crippen LogP contribution in [0.3, 0.4) is 0 Å². The van der Waals surface area contributed by atoms with Crippen molar-refractivity contribution < 1.29 is 13.5 Å². The molecule has 1 fully saturated rings. The minimum absolute atomic E-state index is 0.148. The van der Waals surface area contributed by atoms with Gasteiger partial charge in [-0.25, -0.2) is 8.78 Å². The van der Waals surface area contributed by atoms with Gasteiger partial charge in [-0.3, -0.25) is 0 Å². The van der Waals surface area contributed by atoms with Gasteiger partial charge < -0.3 is 9.64 Å². The molecule has 1 aromatic carbocycles. The molecule has 0 N–H and O–H groups in total. The third-order valence-electron chi connectivity index (χ3n) is 3.26. The Labute approximate surface area is 111 Å². The van der Waals surface area contributed by atoms with E-state index in [0.29, 0.717) is 18.5 Å². The molecule has 2 rings (SSSR count). The second-order valence-electron chi connectivity index (χ2n) is 4.90. The van der Waals surface area contributed by atoms with Crippen LogP contribution in [0.4, 0.5) is 8.78 Å². The second-order valence-corrected chi connectivity index (χ2v) is 4.90. The molecule has 3 nitrogen and oxygen atoms in total. The Hall–Kier alpha value is -1.51. The lowest BCUT2D eigenvalue weighted by Crippen LogP contribution is -2.51. The molecule has 5 heteroatoms. The van der Waals surface area contributed by atoms with E-state index in [1.807, 2.05) is 6.07 Å². The molecule has 1 saturated heterocycles. The van der Waals surface area contributed by atoms with Crippen LogP contribution in [0.2, 0.25) is 0 Å². The zero-order valence-electron chi connectivity index (χ0n) is 10.8. The first kappa shape index (κ1) is 13.9. The molecule has 1 unspecified atom stereocenters. The van der Waals surface area contributed by atoms with E-state index in [1.165, 1.54) is 0 Å². The van der Waals surface area contributed by atoms with E-state index in [0.717, 1.165) is 5.56 Å². The quantitative estimate of drug-likeness (QED) is 0.843. The summed E-state index contributed by atoms with van der Waals surface area (Å²) in [5.41, 5.74) is 1.35. The van der Waals surface area contributed by atoms with Crippen LogP contribution in [0.25, 0.3) is 0 Å². The van der Waals surface area contributed by atoms with Crippen molar-refractivity contribution in [1.29, 1.82) is 5.26 Å². The Morgan fingerprint density at radius 3 is 2.68 bits per heavy atom. The maximum atomic E-state index is 13.7. The smallest absolute Gasteiger partial charge is 0.286 e. The van der Waals surface area contributed by atoms with E-state index < -0.39 is 12.0 Å². The largest absolute Gasteiger partial charge is 0.367 e. The summed E-state index contributed by atoms with van der Waals surface area (Å²) >= 11 is 0. The lowest BCUT2D eigenvalue weighted by molar-refractivity contribution is -0.174. The van der Waals surface area contributed by atoms with Crippen molar-refractivity contribution in [2.24, 2.45) is 0 Å². The maximum absolute atomic E-state index is 13.7. The van der Waals surface area contributed by atoms with Crippen LogP contribution in [0.5, 0.6) is 0 Å². The number of nitriles is 1. The van der Waals surface area contributed by atoms with Gasteiger partial charge in [0, 0.05) is 6.54 Å². The summed E-state index contributed by atoms with van der Waals surface area (Å²) in [4.78, 5) is 1.61. The molecule has 0 aromatic heterocycles. The molecular weight excluding hydrogens is 250 g/mol. The van der Waals surface area contributed by atoms with Crippen LogP contribution in [-0.2, 0) is 11.3 Å². The van der Waals surface area contributed by atoms with Crippen LogP contribution in [0.1, 0.15) is 17.5 Å². The molecule has 1 aliphatic heterocycles. The average molecular weight is 266 g/mol. The van der Waals surface area contributed by atoms with E-state index in [-0.39, 0.29) is 13.2 Å². The highest BCUT2D eigenvalue weighted by molar-refractivity contribution is 5.31. The van der Waals surface area contributed by atoms with E-state index in [2.05, 4.69) is 0 Å². The monoisotopic (exact) mass is 266 g/mol. The van der Waals surface area contributed by atoms with Crippen LogP contribution < -0.4 is 0 Å². The summed E-state index contributed by atoms with van der Waals surface area (Å²) in [6, 6.07) is 8.78. The number of piperidine rings is 1. The predicted molar refractivity (Wildman–Crippen MR) is 66.8 cm³/mol. The van der Waals surface area contributed by atoms with Crippen LogP contribution in [0, 0.1) is 11.3 Å². The van der Waals surface area contributed by atoms with Crippen molar-refractivity contribution >= 4 is 0 Å². The van der Waals surface area contributed by atoms with E-state index in [1.54, 1.807) is 36.2 Å². The fraction of sp³-hybridized carbons (Fsp3) is 0.500. The molecule has 102 valence electrons. The number of likely N-dealkylation sites (tertiary alicyclic amines) is 1. The van der Waals surface area contributed by atoms with Gasteiger partial charge in [-0.15, -0.1) is 0 Å². The number of alkyl halides is 2. The van der Waals surface area contributed by atoms with Crippen LogP contribution in [0.15, 0.2) is 24.3 Å². The summed E-state index contributed by atoms with van der Waals surface area (Å²) in [5.74, 6) is -2.81. The molecule has 1 atom stereocenters. The first-order valence-electron chi connectivity index (χ1n) is 6.18. The molecular formula is C14H16F2N2O. The third kappa shape index (κ3) is 3.49. The minimum Gasteiger partial charge on any atom is -0.367 e. The molecule has 1 aromatic rings. The Bertz CT molecular complexity index is 467. The van der Waals surface area contributed by atoms with Crippen molar-refractivity contribution in [3.8, 4) is 6.07 Å². The third-order valence-corrected chi connectivity index (χ3v) is 3.26. The topological polar surface area (TPSA) is 36.3 Å². The van der Waals surface area contributed by atoms with E-state index >= 15 is 0 Å². The van der Waals surface area contributed by atoms with Crippen LogP contribution in [-0.4, -0.2) is 37.1 Å². The number of nitrogens with zero attached hydrogens (tertiary/aromatic N) is 2. The van der Waals surface area contributed by atoms with Crippen molar-refractivity contribution in [3.05, 3.63) is 35.4 Å². The fourth-order valence-electron chi connectivity index (χ4n) is 2.17. The molecule has 0 saturated carbocycles. The van der Waals surface area contributed by atoms with E-state index in [4.69, 9.17) is 10.00 Å². The highest BCUT2D eigenvalue weighted by atomic mass is 19.3. The first-order chi connectivity index (χ1) is 9.01. The second kappa shape index (κ2) is 5.64.